The van der Waals surface area contributed by atoms with Crippen LogP contribution < -0.4 is 10.6 Å². The van der Waals surface area contributed by atoms with Gasteiger partial charge in [-0.05, 0) is 33.6 Å². The van der Waals surface area contributed by atoms with Crippen molar-refractivity contribution in [3.63, 3.8) is 0 Å². The molecule has 1 aliphatic heterocycles. The molecule has 0 aromatic carbocycles. The molecule has 1 amide bonds. The number of aliphatic imine (C=N–C) groups is 1. The minimum Gasteiger partial charge on any atom is -0.450 e. The Kier molecular flexibility index (Phi) is 10.3. The van der Waals surface area contributed by atoms with Crippen molar-refractivity contribution in [2.24, 2.45) is 4.99 Å². The summed E-state index contributed by atoms with van der Waals surface area (Å²) in [7, 11) is 0. The van der Waals surface area contributed by atoms with E-state index >= 15 is 0 Å². The number of aromatic nitrogens is 3. The number of hydrogen-bond acceptors (Lipinski definition) is 5. The molecule has 1 aromatic rings. The van der Waals surface area contributed by atoms with Crippen LogP contribution in [0.3, 0.4) is 0 Å². The van der Waals surface area contributed by atoms with Gasteiger partial charge in [-0.15, -0.1) is 34.2 Å². The highest BCUT2D eigenvalue weighted by atomic mass is 127. The lowest BCUT2D eigenvalue weighted by atomic mass is 10.1. The number of rotatable bonds is 6. The van der Waals surface area contributed by atoms with Gasteiger partial charge in [-0.2, -0.15) is 0 Å². The van der Waals surface area contributed by atoms with Crippen molar-refractivity contribution in [2.75, 3.05) is 26.2 Å². The van der Waals surface area contributed by atoms with Crippen LogP contribution in [-0.2, 0) is 17.8 Å². The standard InChI is InChI=1S/C16H29N7O2.HI/c1-4-17-15(18-11-14-21-19-12-22(14)5-2)20-13-7-9-23(10-8-13)16(24)25-6-3;/h12-13H,4-11H2,1-3H3,(H2,17,18,20);1H. The van der Waals surface area contributed by atoms with Crippen molar-refractivity contribution in [1.29, 1.82) is 0 Å². The van der Waals surface area contributed by atoms with Gasteiger partial charge in [0.15, 0.2) is 11.8 Å². The number of carbonyl (C=O) groups excluding carboxylic acids is 1. The van der Waals surface area contributed by atoms with Crippen molar-refractivity contribution in [1.82, 2.24) is 30.3 Å². The quantitative estimate of drug-likeness (QED) is 0.366. The lowest BCUT2D eigenvalue weighted by Gasteiger charge is -2.32. The van der Waals surface area contributed by atoms with Crippen LogP contribution in [0.5, 0.6) is 0 Å². The summed E-state index contributed by atoms with van der Waals surface area (Å²) in [5.74, 6) is 1.61. The zero-order valence-electron chi connectivity index (χ0n) is 15.8. The number of nitrogens with zero attached hydrogens (tertiary/aromatic N) is 5. The molecule has 1 aromatic heterocycles. The fraction of sp³-hybridized carbons (Fsp3) is 0.750. The maximum Gasteiger partial charge on any atom is 0.409 e. The Morgan fingerprint density at radius 2 is 2.08 bits per heavy atom. The molecule has 1 fully saturated rings. The van der Waals surface area contributed by atoms with Crippen molar-refractivity contribution in [3.8, 4) is 0 Å². The Morgan fingerprint density at radius 1 is 1.35 bits per heavy atom. The predicted molar refractivity (Wildman–Crippen MR) is 111 cm³/mol. The number of nitrogens with one attached hydrogen (secondary N) is 2. The molecule has 0 atom stereocenters. The number of guanidine groups is 1. The van der Waals surface area contributed by atoms with E-state index in [0.717, 1.165) is 37.7 Å². The van der Waals surface area contributed by atoms with Crippen LogP contribution in [0.25, 0.3) is 0 Å². The molecule has 0 spiro atoms. The van der Waals surface area contributed by atoms with Crippen molar-refractivity contribution in [3.05, 3.63) is 12.2 Å². The van der Waals surface area contributed by atoms with Gasteiger partial charge in [0.1, 0.15) is 12.9 Å². The molecular formula is C16H30IN7O2. The number of hydrogen-bond donors (Lipinski definition) is 2. The van der Waals surface area contributed by atoms with Crippen LogP contribution in [0.1, 0.15) is 39.4 Å². The van der Waals surface area contributed by atoms with Crippen LogP contribution in [0.2, 0.25) is 0 Å². The van der Waals surface area contributed by atoms with Crippen LogP contribution >= 0.6 is 24.0 Å². The summed E-state index contributed by atoms with van der Waals surface area (Å²) in [4.78, 5) is 18.1. The largest absolute Gasteiger partial charge is 0.450 e. The molecule has 2 rings (SSSR count). The molecule has 10 heteroatoms. The van der Waals surface area contributed by atoms with Gasteiger partial charge in [0.25, 0.3) is 0 Å². The highest BCUT2D eigenvalue weighted by Gasteiger charge is 2.24. The Hall–Kier alpha value is -1.59. The van der Waals surface area contributed by atoms with E-state index < -0.39 is 0 Å². The minimum atomic E-state index is -0.222. The lowest BCUT2D eigenvalue weighted by molar-refractivity contribution is 0.0963. The summed E-state index contributed by atoms with van der Waals surface area (Å²) < 4.78 is 7.03. The third-order valence-electron chi connectivity index (χ3n) is 4.12. The first kappa shape index (κ1) is 22.5. The number of carbonyl (C=O) groups is 1. The summed E-state index contributed by atoms with van der Waals surface area (Å²) in [6.45, 7) is 9.81. The SMILES string of the molecule is CCNC(=NCc1nncn1CC)NC1CCN(C(=O)OCC)CC1.I. The average molecular weight is 479 g/mol. The second-order valence-corrected chi connectivity index (χ2v) is 5.83. The van der Waals surface area contributed by atoms with Gasteiger partial charge in [-0.1, -0.05) is 0 Å². The number of halogens is 1. The normalized spacial score (nSPS) is 15.3. The highest BCUT2D eigenvalue weighted by Crippen LogP contribution is 2.11. The molecular weight excluding hydrogens is 449 g/mol. The van der Waals surface area contributed by atoms with Crippen molar-refractivity contribution < 1.29 is 9.53 Å². The predicted octanol–water partition coefficient (Wildman–Crippen LogP) is 1.59. The van der Waals surface area contributed by atoms with Crippen LogP contribution in [-0.4, -0.2) is 64.0 Å². The molecule has 148 valence electrons. The monoisotopic (exact) mass is 479 g/mol. The number of amides is 1. The van der Waals surface area contributed by atoms with E-state index in [2.05, 4.69) is 32.7 Å². The smallest absolute Gasteiger partial charge is 0.409 e. The Labute approximate surface area is 172 Å². The van der Waals surface area contributed by atoms with E-state index in [1.54, 1.807) is 11.2 Å². The third kappa shape index (κ3) is 6.61. The van der Waals surface area contributed by atoms with E-state index in [4.69, 9.17) is 4.74 Å². The van der Waals surface area contributed by atoms with Crippen LogP contribution in [0.15, 0.2) is 11.3 Å². The van der Waals surface area contributed by atoms with Crippen LogP contribution in [0, 0.1) is 0 Å². The molecule has 0 aliphatic carbocycles. The lowest BCUT2D eigenvalue weighted by Crippen LogP contribution is -2.49. The fourth-order valence-corrected chi connectivity index (χ4v) is 2.75. The Bertz CT molecular complexity index is 571. The van der Waals surface area contributed by atoms with Crippen molar-refractivity contribution >= 4 is 36.0 Å². The number of ether oxygens (including phenoxy) is 1. The molecule has 1 saturated heterocycles. The second kappa shape index (κ2) is 11.9. The number of piperidine rings is 1. The third-order valence-corrected chi connectivity index (χ3v) is 4.12. The molecule has 2 N–H and O–H groups in total. The van der Waals surface area contributed by atoms with E-state index in [0.29, 0.717) is 26.2 Å². The van der Waals surface area contributed by atoms with Gasteiger partial charge >= 0.3 is 6.09 Å². The van der Waals surface area contributed by atoms with E-state index in [9.17, 15) is 4.79 Å². The van der Waals surface area contributed by atoms with Gasteiger partial charge in [-0.25, -0.2) is 9.79 Å². The zero-order chi connectivity index (χ0) is 18.1. The average Bonchev–Trinajstić information content (AvgIpc) is 3.08. The van der Waals surface area contributed by atoms with Gasteiger partial charge in [-0.3, -0.25) is 0 Å². The molecule has 2 heterocycles. The Morgan fingerprint density at radius 3 is 2.69 bits per heavy atom. The van der Waals surface area contributed by atoms with Gasteiger partial charge in [0.2, 0.25) is 0 Å². The molecule has 0 bridgehead atoms. The van der Waals surface area contributed by atoms with E-state index in [-0.39, 0.29) is 36.1 Å². The maximum absolute atomic E-state index is 11.8. The maximum atomic E-state index is 11.8. The highest BCUT2D eigenvalue weighted by molar-refractivity contribution is 14.0. The molecule has 9 nitrogen and oxygen atoms in total. The van der Waals surface area contributed by atoms with Crippen molar-refractivity contribution in [2.45, 2.75) is 52.7 Å². The first-order valence-electron chi connectivity index (χ1n) is 9.01. The Balaban J connectivity index is 0.00000338. The molecule has 26 heavy (non-hydrogen) atoms. The van der Waals surface area contributed by atoms with Crippen LogP contribution in [0.4, 0.5) is 4.79 Å². The van der Waals surface area contributed by atoms with E-state index in [1.807, 2.05) is 18.4 Å². The fourth-order valence-electron chi connectivity index (χ4n) is 2.75. The van der Waals surface area contributed by atoms with Gasteiger partial charge in [0.05, 0.1) is 6.61 Å². The number of aryl methyl sites for hydroxylation is 1. The molecule has 0 radical (unpaired) electrons. The molecule has 0 saturated carbocycles. The first-order valence-corrected chi connectivity index (χ1v) is 9.01. The second-order valence-electron chi connectivity index (χ2n) is 5.83. The zero-order valence-corrected chi connectivity index (χ0v) is 18.1. The minimum absolute atomic E-state index is 0. The summed E-state index contributed by atoms with van der Waals surface area (Å²) in [5, 5.41) is 14.7. The van der Waals surface area contributed by atoms with Gasteiger partial charge < -0.3 is 24.8 Å². The number of likely N-dealkylation sites (tertiary alicyclic amines) is 1. The topological polar surface area (TPSA) is 96.7 Å². The van der Waals surface area contributed by atoms with Gasteiger partial charge in [0, 0.05) is 32.2 Å². The molecule has 0 unspecified atom stereocenters. The first-order chi connectivity index (χ1) is 12.2. The summed E-state index contributed by atoms with van der Waals surface area (Å²) in [5.41, 5.74) is 0. The summed E-state index contributed by atoms with van der Waals surface area (Å²) in [6.07, 6.45) is 3.24. The molecule has 1 aliphatic rings. The summed E-state index contributed by atoms with van der Waals surface area (Å²) in [6, 6.07) is 0.285. The van der Waals surface area contributed by atoms with E-state index in [1.165, 1.54) is 0 Å². The summed E-state index contributed by atoms with van der Waals surface area (Å²) >= 11 is 0.